The zero-order chi connectivity index (χ0) is 8.91. The fourth-order valence-corrected chi connectivity index (χ4v) is 1.60. The van der Waals surface area contributed by atoms with Crippen molar-refractivity contribution >= 4 is 13.1 Å². The van der Waals surface area contributed by atoms with Gasteiger partial charge in [0.2, 0.25) is 5.52 Å². The highest BCUT2D eigenvalue weighted by atomic mass is 31.2. The third-order valence-corrected chi connectivity index (χ3v) is 2.55. The van der Waals surface area contributed by atoms with Crippen LogP contribution in [0.1, 0.15) is 26.7 Å². The summed E-state index contributed by atoms with van der Waals surface area (Å²) in [6.07, 6.45) is 0.671. The molecule has 0 aromatic carbocycles. The lowest BCUT2D eigenvalue weighted by molar-refractivity contribution is -0.113. The van der Waals surface area contributed by atoms with Crippen molar-refractivity contribution in [2.24, 2.45) is 0 Å². The van der Waals surface area contributed by atoms with Crippen molar-refractivity contribution in [1.29, 1.82) is 0 Å². The fourth-order valence-electron chi connectivity index (χ4n) is 0.602. The van der Waals surface area contributed by atoms with E-state index in [9.17, 15) is 9.36 Å². The average Bonchev–Trinajstić information content (AvgIpc) is 1.88. The first-order chi connectivity index (χ1) is 5.04. The quantitative estimate of drug-likeness (QED) is 0.651. The molecule has 0 heterocycles. The van der Waals surface area contributed by atoms with Crippen molar-refractivity contribution in [3.05, 3.63) is 0 Å². The summed E-state index contributed by atoms with van der Waals surface area (Å²) >= 11 is 0. The highest BCUT2D eigenvalue weighted by molar-refractivity contribution is 7.70. The SMILES string of the molecule is CCCC(=O)P(=O)(O)OCC. The van der Waals surface area contributed by atoms with E-state index in [-0.39, 0.29) is 13.0 Å². The maximum atomic E-state index is 10.9. The van der Waals surface area contributed by atoms with Crippen molar-refractivity contribution in [1.82, 2.24) is 0 Å². The number of hydrogen-bond acceptors (Lipinski definition) is 3. The Hall–Kier alpha value is -0.180. The maximum Gasteiger partial charge on any atom is 0.394 e. The Morgan fingerprint density at radius 3 is 2.45 bits per heavy atom. The maximum absolute atomic E-state index is 10.9. The third-order valence-electron chi connectivity index (χ3n) is 1.08. The molecule has 5 heteroatoms. The predicted octanol–water partition coefficient (Wildman–Crippen LogP) is 1.53. The van der Waals surface area contributed by atoms with Crippen LogP contribution in [0.3, 0.4) is 0 Å². The van der Waals surface area contributed by atoms with Gasteiger partial charge in [-0.1, -0.05) is 6.92 Å². The average molecular weight is 180 g/mol. The number of rotatable bonds is 5. The van der Waals surface area contributed by atoms with Gasteiger partial charge < -0.3 is 9.42 Å². The van der Waals surface area contributed by atoms with Gasteiger partial charge in [0.05, 0.1) is 6.61 Å². The Bertz CT molecular complexity index is 177. The lowest BCUT2D eigenvalue weighted by atomic mass is 10.4. The molecule has 66 valence electrons. The largest absolute Gasteiger partial charge is 0.394 e. The first-order valence-electron chi connectivity index (χ1n) is 3.55. The van der Waals surface area contributed by atoms with Gasteiger partial charge in [0.25, 0.3) is 0 Å². The summed E-state index contributed by atoms with van der Waals surface area (Å²) in [6, 6.07) is 0. The molecule has 0 saturated heterocycles. The molecule has 0 aliphatic carbocycles. The van der Waals surface area contributed by atoms with E-state index in [1.165, 1.54) is 0 Å². The van der Waals surface area contributed by atoms with Gasteiger partial charge in [-0.25, -0.2) is 0 Å². The van der Waals surface area contributed by atoms with Gasteiger partial charge in [-0.15, -0.1) is 0 Å². The van der Waals surface area contributed by atoms with Crippen LogP contribution in [0.5, 0.6) is 0 Å². The van der Waals surface area contributed by atoms with Gasteiger partial charge >= 0.3 is 7.60 Å². The summed E-state index contributed by atoms with van der Waals surface area (Å²) in [5.41, 5.74) is -0.693. The first-order valence-corrected chi connectivity index (χ1v) is 5.13. The Labute approximate surface area is 66.1 Å². The van der Waals surface area contributed by atoms with Crippen LogP contribution in [-0.4, -0.2) is 17.0 Å². The van der Waals surface area contributed by atoms with Crippen LogP contribution in [0.15, 0.2) is 0 Å². The Kier molecular flexibility index (Phi) is 4.57. The Morgan fingerprint density at radius 1 is 1.55 bits per heavy atom. The molecule has 0 aromatic rings. The van der Waals surface area contributed by atoms with Gasteiger partial charge in [0.15, 0.2) is 0 Å². The number of carbonyl (C=O) groups is 1. The van der Waals surface area contributed by atoms with Crippen molar-refractivity contribution in [3.8, 4) is 0 Å². The first kappa shape index (κ1) is 10.8. The van der Waals surface area contributed by atoms with E-state index >= 15 is 0 Å². The van der Waals surface area contributed by atoms with Crippen LogP contribution in [0.4, 0.5) is 0 Å². The zero-order valence-electron chi connectivity index (χ0n) is 6.74. The minimum Gasteiger partial charge on any atom is -0.319 e. The van der Waals surface area contributed by atoms with Gasteiger partial charge in [0.1, 0.15) is 0 Å². The van der Waals surface area contributed by atoms with Gasteiger partial charge in [0, 0.05) is 6.42 Å². The summed E-state index contributed by atoms with van der Waals surface area (Å²) in [7, 11) is -3.94. The van der Waals surface area contributed by atoms with Crippen LogP contribution < -0.4 is 0 Å². The van der Waals surface area contributed by atoms with Crippen LogP contribution in [-0.2, 0) is 13.9 Å². The molecule has 1 N–H and O–H groups in total. The van der Waals surface area contributed by atoms with Crippen molar-refractivity contribution < 1.29 is 18.8 Å². The molecule has 0 fully saturated rings. The molecule has 0 amide bonds. The van der Waals surface area contributed by atoms with E-state index in [1.54, 1.807) is 13.8 Å². The van der Waals surface area contributed by atoms with Crippen LogP contribution in [0, 0.1) is 0 Å². The monoisotopic (exact) mass is 180 g/mol. The van der Waals surface area contributed by atoms with Crippen LogP contribution >= 0.6 is 7.60 Å². The predicted molar refractivity (Wildman–Crippen MR) is 41.4 cm³/mol. The molecule has 1 unspecified atom stereocenters. The fraction of sp³-hybridized carbons (Fsp3) is 0.833. The summed E-state index contributed by atoms with van der Waals surface area (Å²) < 4.78 is 15.3. The van der Waals surface area contributed by atoms with Crippen molar-refractivity contribution in [3.63, 3.8) is 0 Å². The second-order valence-electron chi connectivity index (χ2n) is 2.08. The highest BCUT2D eigenvalue weighted by Crippen LogP contribution is 2.43. The molecule has 4 nitrogen and oxygen atoms in total. The van der Waals surface area contributed by atoms with E-state index < -0.39 is 13.1 Å². The minimum atomic E-state index is -3.94. The molecule has 0 saturated carbocycles. The second kappa shape index (κ2) is 4.65. The Morgan fingerprint density at radius 2 is 2.09 bits per heavy atom. The molecule has 0 aliphatic heterocycles. The lowest BCUT2D eigenvalue weighted by Gasteiger charge is -2.07. The lowest BCUT2D eigenvalue weighted by Crippen LogP contribution is -2.01. The third kappa shape index (κ3) is 3.65. The zero-order valence-corrected chi connectivity index (χ0v) is 7.63. The molecule has 0 radical (unpaired) electrons. The molecule has 0 spiro atoms. The van der Waals surface area contributed by atoms with Crippen molar-refractivity contribution in [2.45, 2.75) is 26.7 Å². The smallest absolute Gasteiger partial charge is 0.319 e. The minimum absolute atomic E-state index is 0.0865. The summed E-state index contributed by atoms with van der Waals surface area (Å²) in [5.74, 6) is 0. The van der Waals surface area contributed by atoms with Crippen LogP contribution in [0.25, 0.3) is 0 Å². The normalized spacial score (nSPS) is 15.9. The van der Waals surface area contributed by atoms with Crippen molar-refractivity contribution in [2.75, 3.05) is 6.61 Å². The second-order valence-corrected chi connectivity index (χ2v) is 3.88. The van der Waals surface area contributed by atoms with E-state index in [4.69, 9.17) is 4.89 Å². The van der Waals surface area contributed by atoms with E-state index in [0.717, 1.165) is 0 Å². The standard InChI is InChI=1S/C6H13O4P/c1-3-5-6(7)11(8,9)10-4-2/h3-5H2,1-2H3,(H,8,9). The van der Waals surface area contributed by atoms with E-state index in [0.29, 0.717) is 6.42 Å². The number of carbonyl (C=O) groups excluding carboxylic acids is 1. The molecular formula is C6H13O4P. The molecule has 1 atom stereocenters. The summed E-state index contributed by atoms with van der Waals surface area (Å²) in [5, 5.41) is 0. The molecule has 0 aliphatic rings. The molecular weight excluding hydrogens is 167 g/mol. The molecule has 0 aromatic heterocycles. The van der Waals surface area contributed by atoms with E-state index in [1.807, 2.05) is 0 Å². The topological polar surface area (TPSA) is 63.6 Å². The highest BCUT2D eigenvalue weighted by Gasteiger charge is 2.28. The van der Waals surface area contributed by atoms with Gasteiger partial charge in [-0.05, 0) is 13.3 Å². The number of hydrogen-bond donors (Lipinski definition) is 1. The molecule has 11 heavy (non-hydrogen) atoms. The van der Waals surface area contributed by atoms with Gasteiger partial charge in [-0.3, -0.25) is 9.36 Å². The summed E-state index contributed by atoms with van der Waals surface area (Å²) in [4.78, 5) is 19.7. The summed E-state index contributed by atoms with van der Waals surface area (Å²) in [6.45, 7) is 3.43. The Balaban J connectivity index is 4.07. The van der Waals surface area contributed by atoms with Gasteiger partial charge in [-0.2, -0.15) is 0 Å². The molecule has 0 bridgehead atoms. The molecule has 0 rings (SSSR count). The van der Waals surface area contributed by atoms with Crippen LogP contribution in [0.2, 0.25) is 0 Å². The van der Waals surface area contributed by atoms with E-state index in [2.05, 4.69) is 4.52 Å².